The van der Waals surface area contributed by atoms with Gasteiger partial charge in [-0.15, -0.1) is 6.58 Å². The van der Waals surface area contributed by atoms with Gasteiger partial charge in [0.25, 0.3) is 5.91 Å². The maximum Gasteiger partial charge on any atom is 0.322 e. The van der Waals surface area contributed by atoms with E-state index in [1.165, 1.54) is 0 Å². The Bertz CT molecular complexity index is 1220. The number of carbonyl (C=O) groups is 3. The van der Waals surface area contributed by atoms with Gasteiger partial charge in [-0.1, -0.05) is 60.1 Å². The Balaban J connectivity index is 1.52. The molecule has 7 nitrogen and oxygen atoms in total. The van der Waals surface area contributed by atoms with Crippen molar-refractivity contribution in [1.82, 2.24) is 20.0 Å². The van der Waals surface area contributed by atoms with E-state index < -0.39 is 12.1 Å². The molecule has 5 rings (SSSR count). The fraction of sp³-hybridized carbons (Fsp3) is 0.345. The summed E-state index contributed by atoms with van der Waals surface area (Å²) in [5.41, 5.74) is 2.87. The molecule has 2 unspecified atom stereocenters. The minimum Gasteiger partial charge on any atom is -0.341 e. The number of carbonyl (C=O) groups excluding carboxylic acids is 3. The van der Waals surface area contributed by atoms with Gasteiger partial charge in [0.05, 0.1) is 23.9 Å². The van der Waals surface area contributed by atoms with Gasteiger partial charge in [0.1, 0.15) is 6.04 Å². The lowest BCUT2D eigenvalue weighted by atomic mass is 9.95. The molecule has 0 bridgehead atoms. The molecular weight excluding hydrogens is 488 g/mol. The summed E-state index contributed by atoms with van der Waals surface area (Å²) in [4.78, 5) is 46.3. The summed E-state index contributed by atoms with van der Waals surface area (Å²) in [7, 11) is 0. The highest BCUT2D eigenvalue weighted by atomic mass is 35.5. The largest absolute Gasteiger partial charge is 0.341 e. The van der Waals surface area contributed by atoms with E-state index in [9.17, 15) is 14.4 Å². The average Bonchev–Trinajstić information content (AvgIpc) is 3.26. The quantitative estimate of drug-likeness (QED) is 0.555. The zero-order valence-electron chi connectivity index (χ0n) is 20.7. The predicted octanol–water partition coefficient (Wildman–Crippen LogP) is 4.31. The Morgan fingerprint density at radius 1 is 1.05 bits per heavy atom. The number of amides is 4. The number of rotatable bonds is 7. The van der Waals surface area contributed by atoms with Crippen molar-refractivity contribution in [2.24, 2.45) is 0 Å². The smallest absolute Gasteiger partial charge is 0.322 e. The summed E-state index contributed by atoms with van der Waals surface area (Å²) in [6.45, 7) is 5.66. The van der Waals surface area contributed by atoms with Crippen molar-refractivity contribution >= 4 is 29.4 Å². The normalized spacial score (nSPS) is 20.6. The number of halogens is 1. The number of likely N-dealkylation sites (tertiary alicyclic amines) is 1. The van der Waals surface area contributed by atoms with E-state index in [1.807, 2.05) is 47.4 Å². The Labute approximate surface area is 222 Å². The molecule has 0 radical (unpaired) electrons. The van der Waals surface area contributed by atoms with Crippen LogP contribution in [0, 0.1) is 0 Å². The second-order valence-electron chi connectivity index (χ2n) is 9.72. The second kappa shape index (κ2) is 10.8. The van der Waals surface area contributed by atoms with Crippen LogP contribution in [-0.2, 0) is 16.0 Å². The summed E-state index contributed by atoms with van der Waals surface area (Å²) in [6.07, 6.45) is 5.10. The number of hydrogen-bond donors (Lipinski definition) is 1. The molecular formula is C29H31ClN4O3. The molecule has 2 aromatic carbocycles. The lowest BCUT2D eigenvalue weighted by Gasteiger charge is -2.35. The van der Waals surface area contributed by atoms with Crippen LogP contribution in [0.2, 0.25) is 5.02 Å². The molecule has 37 heavy (non-hydrogen) atoms. The van der Waals surface area contributed by atoms with Crippen LogP contribution >= 0.6 is 11.6 Å². The van der Waals surface area contributed by atoms with Crippen molar-refractivity contribution in [3.05, 3.63) is 94.7 Å². The van der Waals surface area contributed by atoms with E-state index in [0.29, 0.717) is 35.8 Å². The van der Waals surface area contributed by atoms with Crippen molar-refractivity contribution in [3.8, 4) is 0 Å². The Hall–Kier alpha value is -3.58. The van der Waals surface area contributed by atoms with Crippen LogP contribution in [0.4, 0.5) is 4.79 Å². The van der Waals surface area contributed by atoms with Crippen LogP contribution in [0.3, 0.4) is 0 Å². The second-order valence-corrected chi connectivity index (χ2v) is 10.2. The van der Waals surface area contributed by atoms with Crippen LogP contribution in [-0.4, -0.2) is 64.8 Å². The van der Waals surface area contributed by atoms with Gasteiger partial charge in [-0.05, 0) is 42.5 Å². The SMILES string of the molecule is C=CCN1C(=O)NC(c2ccc(Cl)cc2)C2=C1CN(C(Cc1ccccc1)C(=O)N1CCCCC1)C2=O. The van der Waals surface area contributed by atoms with E-state index in [4.69, 9.17) is 11.6 Å². The maximum absolute atomic E-state index is 14.1. The number of benzene rings is 2. The van der Waals surface area contributed by atoms with Crippen LogP contribution in [0.1, 0.15) is 36.4 Å². The first kappa shape index (κ1) is 25.1. The number of urea groups is 1. The van der Waals surface area contributed by atoms with Gasteiger partial charge in [-0.25, -0.2) is 4.79 Å². The third-order valence-corrected chi connectivity index (χ3v) is 7.62. The van der Waals surface area contributed by atoms with Crippen LogP contribution in [0.15, 0.2) is 78.5 Å². The van der Waals surface area contributed by atoms with E-state index in [2.05, 4.69) is 11.9 Å². The number of nitrogens with zero attached hydrogens (tertiary/aromatic N) is 3. The van der Waals surface area contributed by atoms with Crippen molar-refractivity contribution in [1.29, 1.82) is 0 Å². The molecule has 0 saturated carbocycles. The summed E-state index contributed by atoms with van der Waals surface area (Å²) in [6, 6.07) is 15.3. The van der Waals surface area contributed by atoms with E-state index >= 15 is 0 Å². The van der Waals surface area contributed by atoms with Crippen molar-refractivity contribution in [2.75, 3.05) is 26.2 Å². The Kier molecular flexibility index (Phi) is 7.33. The van der Waals surface area contributed by atoms with Crippen molar-refractivity contribution in [3.63, 3.8) is 0 Å². The fourth-order valence-electron chi connectivity index (χ4n) is 5.49. The highest BCUT2D eigenvalue weighted by Crippen LogP contribution is 2.38. The van der Waals surface area contributed by atoms with Crippen molar-refractivity contribution in [2.45, 2.75) is 37.8 Å². The molecule has 4 amide bonds. The van der Waals surface area contributed by atoms with Gasteiger partial charge in [-0.3, -0.25) is 14.5 Å². The molecule has 0 aromatic heterocycles. The molecule has 192 valence electrons. The minimum absolute atomic E-state index is 0.0330. The predicted molar refractivity (Wildman–Crippen MR) is 143 cm³/mol. The zero-order valence-corrected chi connectivity index (χ0v) is 21.5. The third-order valence-electron chi connectivity index (χ3n) is 7.37. The van der Waals surface area contributed by atoms with E-state index in [1.54, 1.807) is 28.0 Å². The van der Waals surface area contributed by atoms with Gasteiger partial charge in [0.2, 0.25) is 5.91 Å². The molecule has 1 fully saturated rings. The fourth-order valence-corrected chi connectivity index (χ4v) is 5.61. The zero-order chi connectivity index (χ0) is 25.9. The first-order valence-corrected chi connectivity index (χ1v) is 13.2. The van der Waals surface area contributed by atoms with Gasteiger partial charge in [0.15, 0.2) is 0 Å². The third kappa shape index (κ3) is 5.01. The van der Waals surface area contributed by atoms with Crippen molar-refractivity contribution < 1.29 is 14.4 Å². The van der Waals surface area contributed by atoms with Crippen LogP contribution in [0.25, 0.3) is 0 Å². The number of nitrogens with one attached hydrogen (secondary N) is 1. The highest BCUT2D eigenvalue weighted by molar-refractivity contribution is 6.30. The Morgan fingerprint density at radius 3 is 2.43 bits per heavy atom. The molecule has 0 aliphatic carbocycles. The van der Waals surface area contributed by atoms with Crippen LogP contribution < -0.4 is 5.32 Å². The molecule has 2 aromatic rings. The first-order chi connectivity index (χ1) is 18.0. The summed E-state index contributed by atoms with van der Waals surface area (Å²) in [5.74, 6) is -0.260. The first-order valence-electron chi connectivity index (χ1n) is 12.8. The van der Waals surface area contributed by atoms with Gasteiger partial charge >= 0.3 is 6.03 Å². The minimum atomic E-state index is -0.662. The molecule has 3 aliphatic rings. The molecule has 3 aliphatic heterocycles. The van der Waals surface area contributed by atoms with Gasteiger partial charge in [0, 0.05) is 31.1 Å². The standard InChI is InChI=1S/C29H31ClN4O3/c1-2-15-33-24-19-34(28(36)25(24)26(31-29(33)37)21-11-13-22(30)14-12-21)23(18-20-9-5-3-6-10-20)27(35)32-16-7-4-8-17-32/h2-3,5-6,9-14,23,26H,1,4,7-8,15-19H2,(H,31,37). The summed E-state index contributed by atoms with van der Waals surface area (Å²) >= 11 is 6.10. The number of hydrogen-bond acceptors (Lipinski definition) is 3. The highest BCUT2D eigenvalue weighted by Gasteiger charge is 2.47. The maximum atomic E-state index is 14.1. The summed E-state index contributed by atoms with van der Waals surface area (Å²) in [5, 5.41) is 3.56. The molecule has 2 atom stereocenters. The topological polar surface area (TPSA) is 73.0 Å². The van der Waals surface area contributed by atoms with Crippen LogP contribution in [0.5, 0.6) is 0 Å². The monoisotopic (exact) mass is 518 g/mol. The van der Waals surface area contributed by atoms with Gasteiger partial charge < -0.3 is 15.1 Å². The molecule has 3 heterocycles. The average molecular weight is 519 g/mol. The molecule has 8 heteroatoms. The molecule has 1 N–H and O–H groups in total. The molecule has 0 spiro atoms. The van der Waals surface area contributed by atoms with Gasteiger partial charge in [-0.2, -0.15) is 0 Å². The summed E-state index contributed by atoms with van der Waals surface area (Å²) < 4.78 is 0. The Morgan fingerprint density at radius 2 is 1.76 bits per heavy atom. The number of piperidine rings is 1. The van der Waals surface area contributed by atoms with E-state index in [0.717, 1.165) is 30.4 Å². The lowest BCUT2D eigenvalue weighted by molar-refractivity contribution is -0.143. The van der Waals surface area contributed by atoms with E-state index in [-0.39, 0.29) is 30.9 Å². The molecule has 1 saturated heterocycles. The lowest BCUT2D eigenvalue weighted by Crippen LogP contribution is -2.52.